The Bertz CT molecular complexity index is 1080. The highest BCUT2D eigenvalue weighted by Crippen LogP contribution is 2.61. The largest absolute Gasteiger partial charge is 0.453 e. The van der Waals surface area contributed by atoms with E-state index in [4.69, 9.17) is 13.9 Å². The maximum absolute atomic E-state index is 13.6. The van der Waals surface area contributed by atoms with Crippen molar-refractivity contribution in [2.75, 3.05) is 0 Å². The maximum atomic E-state index is 13.6. The highest BCUT2D eigenvalue weighted by Gasteiger charge is 2.64. The fraction of sp³-hybridized carbons (Fsp3) is 0.600. The summed E-state index contributed by atoms with van der Waals surface area (Å²) in [6, 6.07) is 5.63. The molecule has 5 rings (SSSR count). The van der Waals surface area contributed by atoms with E-state index in [9.17, 15) is 9.59 Å². The van der Waals surface area contributed by atoms with Crippen LogP contribution in [0.5, 0.6) is 5.75 Å². The number of ketones is 1. The van der Waals surface area contributed by atoms with Crippen LogP contribution in [0, 0.1) is 36.5 Å². The number of fused-ring (bicyclic) bond motifs is 8. The van der Waals surface area contributed by atoms with Gasteiger partial charge in [0.15, 0.2) is 0 Å². The molecule has 1 aromatic heterocycles. The zero-order valence-electron chi connectivity index (χ0n) is 18.4. The third-order valence-electron chi connectivity index (χ3n) is 7.65. The molecule has 2 aliphatic heterocycles. The van der Waals surface area contributed by atoms with E-state index in [1.807, 2.05) is 32.9 Å². The molecule has 5 heteroatoms. The van der Waals surface area contributed by atoms with Crippen molar-refractivity contribution in [3.8, 4) is 5.75 Å². The normalized spacial score (nSPS) is 34.5. The van der Waals surface area contributed by atoms with Crippen molar-refractivity contribution in [3.05, 3.63) is 39.7 Å². The SMILES string of the molecule is Cc1cccc2oc(=O)c3c(c12)OC1(C(=O)CC(C)C)OC3C2C(C)CCC2C1C. The molecule has 30 heavy (non-hydrogen) atoms. The summed E-state index contributed by atoms with van der Waals surface area (Å²) in [5, 5.41) is 0.776. The topological polar surface area (TPSA) is 65.7 Å². The molecule has 6 unspecified atom stereocenters. The quantitative estimate of drug-likeness (QED) is 0.653. The number of ether oxygens (including phenoxy) is 2. The first-order chi connectivity index (χ1) is 14.2. The van der Waals surface area contributed by atoms with Gasteiger partial charge in [0.2, 0.25) is 5.78 Å². The van der Waals surface area contributed by atoms with Crippen molar-refractivity contribution in [1.82, 2.24) is 0 Å². The molecular weight excluding hydrogens is 380 g/mol. The van der Waals surface area contributed by atoms with Gasteiger partial charge in [-0.1, -0.05) is 46.2 Å². The summed E-state index contributed by atoms with van der Waals surface area (Å²) in [6.45, 7) is 10.4. The van der Waals surface area contributed by atoms with Crippen molar-refractivity contribution in [2.45, 2.75) is 65.8 Å². The molecule has 2 fully saturated rings. The minimum absolute atomic E-state index is 0.0198. The highest BCUT2D eigenvalue weighted by atomic mass is 16.7. The predicted octanol–water partition coefficient (Wildman–Crippen LogP) is 5.18. The molecule has 3 aliphatic rings. The molecule has 0 radical (unpaired) electrons. The van der Waals surface area contributed by atoms with Gasteiger partial charge in [0.25, 0.3) is 5.79 Å². The Balaban J connectivity index is 1.80. The summed E-state index contributed by atoms with van der Waals surface area (Å²) in [5.41, 5.74) is 1.50. The fourth-order valence-electron chi connectivity index (χ4n) is 6.18. The van der Waals surface area contributed by atoms with Gasteiger partial charge in [0.1, 0.15) is 23.0 Å². The number of aryl methyl sites for hydroxylation is 1. The molecule has 2 aromatic rings. The van der Waals surface area contributed by atoms with E-state index in [0.717, 1.165) is 23.8 Å². The molecule has 0 amide bonds. The lowest BCUT2D eigenvalue weighted by atomic mass is 9.68. The number of carbonyl (C=O) groups is 1. The van der Waals surface area contributed by atoms with Crippen LogP contribution in [-0.4, -0.2) is 11.6 Å². The highest BCUT2D eigenvalue weighted by molar-refractivity contribution is 5.91. The lowest BCUT2D eigenvalue weighted by Crippen LogP contribution is -2.62. The lowest BCUT2D eigenvalue weighted by molar-refractivity contribution is -0.293. The minimum atomic E-state index is -1.34. The van der Waals surface area contributed by atoms with Gasteiger partial charge >= 0.3 is 5.63 Å². The van der Waals surface area contributed by atoms with Gasteiger partial charge in [-0.15, -0.1) is 0 Å². The van der Waals surface area contributed by atoms with Gasteiger partial charge < -0.3 is 13.9 Å². The standard InChI is InChI=1S/C25H30O5/c1-12(2)11-18(26)25-15(5)16-10-9-14(4)19(16)22(29-25)21-23(30-25)20-13(3)7-6-8-17(20)28-24(21)27/h6-8,12,14-16,19,22H,9-11H2,1-5H3. The molecule has 1 saturated carbocycles. The Labute approximate surface area is 176 Å². The number of benzene rings is 1. The first-order valence-electron chi connectivity index (χ1n) is 11.2. The van der Waals surface area contributed by atoms with Crippen LogP contribution in [0.25, 0.3) is 11.0 Å². The fourth-order valence-corrected chi connectivity index (χ4v) is 6.18. The molecular formula is C25H30O5. The van der Waals surface area contributed by atoms with E-state index in [1.54, 1.807) is 6.07 Å². The number of Topliss-reactive ketones (excluding diaryl/α,β-unsaturated/α-hetero) is 1. The summed E-state index contributed by atoms with van der Waals surface area (Å²) < 4.78 is 18.8. The molecule has 1 saturated heterocycles. The van der Waals surface area contributed by atoms with Crippen molar-refractivity contribution < 1.29 is 18.7 Å². The van der Waals surface area contributed by atoms with Gasteiger partial charge in [-0.25, -0.2) is 4.79 Å². The second-order valence-corrected chi connectivity index (χ2v) is 9.99. The molecule has 0 spiro atoms. The number of hydrogen-bond acceptors (Lipinski definition) is 5. The molecule has 6 atom stereocenters. The van der Waals surface area contributed by atoms with Gasteiger partial charge in [0, 0.05) is 12.3 Å². The molecule has 3 heterocycles. The van der Waals surface area contributed by atoms with Crippen molar-refractivity contribution in [2.24, 2.45) is 29.6 Å². The summed E-state index contributed by atoms with van der Waals surface area (Å²) >= 11 is 0. The van der Waals surface area contributed by atoms with Gasteiger partial charge in [0.05, 0.1) is 5.39 Å². The maximum Gasteiger partial charge on any atom is 0.345 e. The molecule has 160 valence electrons. The van der Waals surface area contributed by atoms with Crippen molar-refractivity contribution >= 4 is 16.8 Å². The van der Waals surface area contributed by atoms with E-state index in [1.165, 1.54) is 0 Å². The Morgan fingerprint density at radius 3 is 2.73 bits per heavy atom. The number of carbonyl (C=O) groups excluding carboxylic acids is 1. The van der Waals surface area contributed by atoms with Crippen LogP contribution in [0.15, 0.2) is 27.4 Å². The third kappa shape index (κ3) is 2.57. The Kier molecular flexibility index (Phi) is 4.41. The van der Waals surface area contributed by atoms with Crippen molar-refractivity contribution in [1.29, 1.82) is 0 Å². The van der Waals surface area contributed by atoms with Crippen LogP contribution in [0.1, 0.15) is 64.2 Å². The monoisotopic (exact) mass is 410 g/mol. The molecule has 2 bridgehead atoms. The summed E-state index contributed by atoms with van der Waals surface area (Å²) in [7, 11) is 0. The smallest absolute Gasteiger partial charge is 0.345 e. The van der Waals surface area contributed by atoms with Crippen molar-refractivity contribution in [3.63, 3.8) is 0 Å². The summed E-state index contributed by atoms with van der Waals surface area (Å²) in [4.78, 5) is 26.7. The first-order valence-corrected chi connectivity index (χ1v) is 11.2. The van der Waals surface area contributed by atoms with E-state index in [-0.39, 0.29) is 29.5 Å². The molecule has 1 aromatic carbocycles. The second-order valence-electron chi connectivity index (χ2n) is 9.99. The average Bonchev–Trinajstić information content (AvgIpc) is 3.07. The second kappa shape index (κ2) is 6.68. The van der Waals surface area contributed by atoms with Crippen LogP contribution >= 0.6 is 0 Å². The number of hydrogen-bond donors (Lipinski definition) is 0. The minimum Gasteiger partial charge on any atom is -0.453 e. The number of rotatable bonds is 3. The summed E-state index contributed by atoms with van der Waals surface area (Å²) in [5.74, 6) is 0.155. The third-order valence-corrected chi connectivity index (χ3v) is 7.65. The van der Waals surface area contributed by atoms with Gasteiger partial charge in [-0.3, -0.25) is 4.79 Å². The summed E-state index contributed by atoms with van der Waals surface area (Å²) in [6.07, 6.45) is 2.02. The van der Waals surface area contributed by atoms with Crippen LogP contribution in [-0.2, 0) is 9.53 Å². The van der Waals surface area contributed by atoms with E-state index in [0.29, 0.717) is 29.2 Å². The van der Waals surface area contributed by atoms with E-state index >= 15 is 0 Å². The Morgan fingerprint density at radius 1 is 1.23 bits per heavy atom. The first kappa shape index (κ1) is 19.8. The lowest BCUT2D eigenvalue weighted by Gasteiger charge is -2.53. The predicted molar refractivity (Wildman–Crippen MR) is 113 cm³/mol. The van der Waals surface area contributed by atoms with Crippen LogP contribution in [0.2, 0.25) is 0 Å². The zero-order valence-corrected chi connectivity index (χ0v) is 18.4. The zero-order chi connectivity index (χ0) is 21.4. The molecule has 0 N–H and O–H groups in total. The Morgan fingerprint density at radius 2 is 2.00 bits per heavy atom. The van der Waals surface area contributed by atoms with Crippen LogP contribution in [0.4, 0.5) is 0 Å². The average molecular weight is 411 g/mol. The Hall–Kier alpha value is -2.14. The molecule has 5 nitrogen and oxygen atoms in total. The van der Waals surface area contributed by atoms with Gasteiger partial charge in [-0.05, 0) is 48.6 Å². The molecule has 1 aliphatic carbocycles. The van der Waals surface area contributed by atoms with Crippen LogP contribution < -0.4 is 10.4 Å². The van der Waals surface area contributed by atoms with Crippen LogP contribution in [0.3, 0.4) is 0 Å². The van der Waals surface area contributed by atoms with E-state index < -0.39 is 17.5 Å². The van der Waals surface area contributed by atoms with E-state index in [2.05, 4.69) is 13.8 Å². The van der Waals surface area contributed by atoms with Gasteiger partial charge in [-0.2, -0.15) is 0 Å².